The third-order valence-corrected chi connectivity index (χ3v) is 2.28. The summed E-state index contributed by atoms with van der Waals surface area (Å²) in [6.07, 6.45) is 2.57. The van der Waals surface area contributed by atoms with Crippen LogP contribution < -0.4 is 5.32 Å². The molecule has 0 radical (unpaired) electrons. The van der Waals surface area contributed by atoms with Crippen molar-refractivity contribution in [3.05, 3.63) is 12.2 Å². The maximum atomic E-state index is 11.7. The van der Waals surface area contributed by atoms with Gasteiger partial charge in [0.05, 0.1) is 0 Å². The molecule has 0 aliphatic carbocycles. The summed E-state index contributed by atoms with van der Waals surface area (Å²) in [5.74, 6) is -0.880. The van der Waals surface area contributed by atoms with Gasteiger partial charge in [0, 0.05) is 30.2 Å². The minimum Gasteiger partial charge on any atom is -0.351 e. The average Bonchev–Trinajstić information content (AvgIpc) is 2.42. The molecule has 0 saturated heterocycles. The summed E-state index contributed by atoms with van der Waals surface area (Å²) < 4.78 is 0. The Bertz CT molecular complexity index is 362. The Balaban J connectivity index is 2.55. The average molecular weight is 238 g/mol. The molecule has 0 aromatic carbocycles. The molecule has 0 aromatic rings. The molecular formula is C12H18N2O3. The lowest BCUT2D eigenvalue weighted by Gasteiger charge is -2.25. The Hall–Kier alpha value is -1.65. The largest absolute Gasteiger partial charge is 0.351 e. The van der Waals surface area contributed by atoms with Crippen LogP contribution in [-0.2, 0) is 14.4 Å². The van der Waals surface area contributed by atoms with Gasteiger partial charge in [-0.15, -0.1) is 0 Å². The molecule has 1 heterocycles. The van der Waals surface area contributed by atoms with Gasteiger partial charge in [0.25, 0.3) is 11.8 Å². The van der Waals surface area contributed by atoms with Crippen LogP contribution in [-0.4, -0.2) is 34.2 Å². The van der Waals surface area contributed by atoms with E-state index in [-0.39, 0.29) is 29.7 Å². The van der Waals surface area contributed by atoms with Gasteiger partial charge in [0.2, 0.25) is 5.91 Å². The normalized spacial score (nSPS) is 17.5. The first-order chi connectivity index (χ1) is 7.70. The predicted molar refractivity (Wildman–Crippen MR) is 63.0 cm³/mol. The molecule has 94 valence electrons. The summed E-state index contributed by atoms with van der Waals surface area (Å²) in [6, 6.07) is -0.424. The van der Waals surface area contributed by atoms with Crippen LogP contribution in [0.4, 0.5) is 0 Å². The van der Waals surface area contributed by atoms with E-state index in [0.29, 0.717) is 0 Å². The number of hydrogen-bond donors (Lipinski definition) is 1. The lowest BCUT2D eigenvalue weighted by atomic mass is 10.1. The van der Waals surface area contributed by atoms with Crippen molar-refractivity contribution < 1.29 is 14.4 Å². The van der Waals surface area contributed by atoms with Gasteiger partial charge in [0.15, 0.2) is 0 Å². The second-order valence-corrected chi connectivity index (χ2v) is 5.23. The topological polar surface area (TPSA) is 66.5 Å². The highest BCUT2D eigenvalue weighted by Crippen LogP contribution is 2.12. The van der Waals surface area contributed by atoms with Crippen LogP contribution in [0.3, 0.4) is 0 Å². The molecule has 3 amide bonds. The van der Waals surface area contributed by atoms with Crippen LogP contribution >= 0.6 is 0 Å². The molecule has 5 nitrogen and oxygen atoms in total. The molecule has 1 rings (SSSR count). The van der Waals surface area contributed by atoms with Gasteiger partial charge in [-0.1, -0.05) is 0 Å². The first kappa shape index (κ1) is 13.4. The first-order valence-corrected chi connectivity index (χ1v) is 5.57. The van der Waals surface area contributed by atoms with E-state index in [1.165, 1.54) is 12.2 Å². The van der Waals surface area contributed by atoms with Crippen molar-refractivity contribution in [2.45, 2.75) is 45.7 Å². The van der Waals surface area contributed by atoms with Crippen molar-refractivity contribution in [3.8, 4) is 0 Å². The number of amides is 3. The van der Waals surface area contributed by atoms with Crippen LogP contribution in [0, 0.1) is 0 Å². The van der Waals surface area contributed by atoms with Gasteiger partial charge in [-0.05, 0) is 27.7 Å². The van der Waals surface area contributed by atoms with Gasteiger partial charge >= 0.3 is 0 Å². The van der Waals surface area contributed by atoms with Gasteiger partial charge in [-0.25, -0.2) is 0 Å². The highest BCUT2D eigenvalue weighted by molar-refractivity contribution is 6.13. The lowest BCUT2D eigenvalue weighted by Crippen LogP contribution is -2.45. The van der Waals surface area contributed by atoms with Gasteiger partial charge in [0.1, 0.15) is 0 Å². The molecule has 1 aliphatic rings. The highest BCUT2D eigenvalue weighted by atomic mass is 16.2. The van der Waals surface area contributed by atoms with Gasteiger partial charge in [-0.3, -0.25) is 19.3 Å². The monoisotopic (exact) mass is 238 g/mol. The van der Waals surface area contributed by atoms with E-state index in [0.717, 1.165) is 4.90 Å². The van der Waals surface area contributed by atoms with Crippen molar-refractivity contribution in [1.29, 1.82) is 0 Å². The fourth-order valence-corrected chi connectivity index (χ4v) is 1.68. The maximum Gasteiger partial charge on any atom is 0.253 e. The molecule has 0 saturated carbocycles. The first-order valence-electron chi connectivity index (χ1n) is 5.57. The van der Waals surface area contributed by atoms with Crippen molar-refractivity contribution in [1.82, 2.24) is 10.2 Å². The van der Waals surface area contributed by atoms with Crippen molar-refractivity contribution >= 4 is 17.7 Å². The number of rotatable bonds is 3. The maximum absolute atomic E-state index is 11.7. The van der Waals surface area contributed by atoms with Crippen molar-refractivity contribution in [2.24, 2.45) is 0 Å². The van der Waals surface area contributed by atoms with E-state index in [1.54, 1.807) is 6.92 Å². The molecule has 0 fully saturated rings. The van der Waals surface area contributed by atoms with Crippen LogP contribution in [0.15, 0.2) is 12.2 Å². The minimum atomic E-state index is -0.424. The molecule has 1 atom stereocenters. The second kappa shape index (κ2) is 4.69. The molecule has 0 aromatic heterocycles. The van der Waals surface area contributed by atoms with Crippen molar-refractivity contribution in [3.63, 3.8) is 0 Å². The van der Waals surface area contributed by atoms with E-state index < -0.39 is 6.04 Å². The number of nitrogens with one attached hydrogen (secondary N) is 1. The minimum absolute atomic E-state index is 0.121. The number of carbonyl (C=O) groups excluding carboxylic acids is 3. The summed E-state index contributed by atoms with van der Waals surface area (Å²) in [7, 11) is 0. The summed E-state index contributed by atoms with van der Waals surface area (Å²) in [4.78, 5) is 35.5. The second-order valence-electron chi connectivity index (χ2n) is 5.23. The molecule has 0 spiro atoms. The third-order valence-electron chi connectivity index (χ3n) is 2.28. The van der Waals surface area contributed by atoms with Gasteiger partial charge in [-0.2, -0.15) is 0 Å². The lowest BCUT2D eigenvalue weighted by molar-refractivity contribution is -0.139. The zero-order valence-electron chi connectivity index (χ0n) is 10.6. The van der Waals surface area contributed by atoms with E-state index in [4.69, 9.17) is 0 Å². The number of carbonyl (C=O) groups is 3. The zero-order chi connectivity index (χ0) is 13.2. The molecule has 17 heavy (non-hydrogen) atoms. The summed E-state index contributed by atoms with van der Waals surface area (Å²) >= 11 is 0. The fraction of sp³-hybridized carbons (Fsp3) is 0.583. The molecule has 0 bridgehead atoms. The Labute approximate surface area is 101 Å². The van der Waals surface area contributed by atoms with Crippen molar-refractivity contribution in [2.75, 3.05) is 0 Å². The molecule has 5 heteroatoms. The number of hydrogen-bond acceptors (Lipinski definition) is 3. The zero-order valence-corrected chi connectivity index (χ0v) is 10.6. The molecule has 1 unspecified atom stereocenters. The van der Waals surface area contributed by atoms with Crippen LogP contribution in [0.2, 0.25) is 0 Å². The third kappa shape index (κ3) is 3.69. The smallest absolute Gasteiger partial charge is 0.253 e. The van der Waals surface area contributed by atoms with Crippen LogP contribution in [0.25, 0.3) is 0 Å². The quantitative estimate of drug-likeness (QED) is 0.732. The number of nitrogens with zero attached hydrogens (tertiary/aromatic N) is 1. The Morgan fingerprint density at radius 3 is 2.18 bits per heavy atom. The standard InChI is InChI=1S/C12H18N2O3/c1-8(7-9(15)13-12(2,3)4)14-10(16)5-6-11(14)17/h5-6,8H,7H2,1-4H3,(H,13,15). The predicted octanol–water partition coefficient (Wildman–Crippen LogP) is 0.605. The summed E-state index contributed by atoms with van der Waals surface area (Å²) in [5.41, 5.74) is -0.311. The van der Waals surface area contributed by atoms with Crippen LogP contribution in [0.1, 0.15) is 34.1 Å². The van der Waals surface area contributed by atoms with Gasteiger partial charge < -0.3 is 5.32 Å². The van der Waals surface area contributed by atoms with E-state index in [1.807, 2.05) is 20.8 Å². The summed E-state index contributed by atoms with van der Waals surface area (Å²) in [6.45, 7) is 7.32. The molecule has 1 aliphatic heterocycles. The Morgan fingerprint density at radius 1 is 1.29 bits per heavy atom. The van der Waals surface area contributed by atoms with E-state index in [9.17, 15) is 14.4 Å². The Kier molecular flexibility index (Phi) is 3.70. The Morgan fingerprint density at radius 2 is 1.76 bits per heavy atom. The van der Waals surface area contributed by atoms with E-state index >= 15 is 0 Å². The molecule has 1 N–H and O–H groups in total. The highest BCUT2D eigenvalue weighted by Gasteiger charge is 2.30. The summed E-state index contributed by atoms with van der Waals surface area (Å²) in [5, 5.41) is 2.79. The van der Waals surface area contributed by atoms with E-state index in [2.05, 4.69) is 5.32 Å². The fourth-order valence-electron chi connectivity index (χ4n) is 1.68. The number of imide groups is 1. The molecular weight excluding hydrogens is 220 g/mol. The van der Waals surface area contributed by atoms with Crippen LogP contribution in [0.5, 0.6) is 0 Å². The SMILES string of the molecule is CC(CC(=O)NC(C)(C)C)N1C(=O)C=CC1=O.